The van der Waals surface area contributed by atoms with Gasteiger partial charge in [0.2, 0.25) is 0 Å². The number of aromatic nitrogens is 2. The lowest BCUT2D eigenvalue weighted by Crippen LogP contribution is -2.38. The molecule has 4 nitrogen and oxygen atoms in total. The minimum atomic E-state index is 0.115. The molecule has 19 heavy (non-hydrogen) atoms. The Labute approximate surface area is 120 Å². The standard InChI is InChI=1S/C14H24ClN3O/c1-4-7-12-13(15)16-10-17-14(12)18(8-9-19)11(5-2)6-3/h10-11,19H,4-9H2,1-3H3. The molecule has 1 rings (SSSR count). The van der Waals surface area contributed by atoms with Crippen LogP contribution < -0.4 is 4.90 Å². The van der Waals surface area contributed by atoms with Crippen molar-refractivity contribution in [2.45, 2.75) is 52.5 Å². The average molecular weight is 286 g/mol. The fraction of sp³-hybridized carbons (Fsp3) is 0.714. The number of hydrogen-bond acceptors (Lipinski definition) is 4. The third kappa shape index (κ3) is 4.05. The first-order valence-corrected chi connectivity index (χ1v) is 7.44. The predicted octanol–water partition coefficient (Wildman–Crippen LogP) is 3.07. The number of aliphatic hydroxyl groups is 1. The fourth-order valence-corrected chi connectivity index (χ4v) is 2.62. The molecule has 1 heterocycles. The highest BCUT2D eigenvalue weighted by molar-refractivity contribution is 6.30. The van der Waals surface area contributed by atoms with E-state index in [1.54, 1.807) is 0 Å². The van der Waals surface area contributed by atoms with Crippen molar-refractivity contribution in [2.75, 3.05) is 18.1 Å². The first kappa shape index (κ1) is 16.2. The van der Waals surface area contributed by atoms with Gasteiger partial charge in [-0.1, -0.05) is 38.8 Å². The molecule has 0 fully saturated rings. The van der Waals surface area contributed by atoms with Crippen molar-refractivity contribution < 1.29 is 5.11 Å². The summed E-state index contributed by atoms with van der Waals surface area (Å²) in [5.41, 5.74) is 0.993. The molecule has 0 radical (unpaired) electrons. The van der Waals surface area contributed by atoms with Crippen LogP contribution in [0.5, 0.6) is 0 Å². The Hall–Kier alpha value is -0.870. The Morgan fingerprint density at radius 2 is 1.95 bits per heavy atom. The molecule has 0 amide bonds. The van der Waals surface area contributed by atoms with Gasteiger partial charge in [-0.3, -0.25) is 0 Å². The van der Waals surface area contributed by atoms with Crippen molar-refractivity contribution in [1.82, 2.24) is 9.97 Å². The third-order valence-electron chi connectivity index (χ3n) is 3.37. The van der Waals surface area contributed by atoms with Gasteiger partial charge in [0.05, 0.1) is 6.61 Å². The molecule has 0 saturated carbocycles. The van der Waals surface area contributed by atoms with E-state index >= 15 is 0 Å². The van der Waals surface area contributed by atoms with Crippen molar-refractivity contribution >= 4 is 17.4 Å². The van der Waals surface area contributed by atoms with Crippen molar-refractivity contribution in [3.8, 4) is 0 Å². The van der Waals surface area contributed by atoms with E-state index in [1.807, 2.05) is 0 Å². The molecule has 0 bridgehead atoms. The zero-order chi connectivity index (χ0) is 14.3. The lowest BCUT2D eigenvalue weighted by Gasteiger charge is -2.32. The van der Waals surface area contributed by atoms with E-state index in [-0.39, 0.29) is 6.61 Å². The van der Waals surface area contributed by atoms with Crippen LogP contribution in [0.1, 0.15) is 45.6 Å². The van der Waals surface area contributed by atoms with Crippen molar-refractivity contribution in [2.24, 2.45) is 0 Å². The summed E-state index contributed by atoms with van der Waals surface area (Å²) in [7, 11) is 0. The number of halogens is 1. The first-order chi connectivity index (χ1) is 9.19. The number of aliphatic hydroxyl groups excluding tert-OH is 1. The van der Waals surface area contributed by atoms with Crippen LogP contribution in [0.3, 0.4) is 0 Å². The molecule has 108 valence electrons. The lowest BCUT2D eigenvalue weighted by atomic mass is 10.1. The molecule has 0 aliphatic carbocycles. The van der Waals surface area contributed by atoms with Gasteiger partial charge in [-0.15, -0.1) is 0 Å². The maximum Gasteiger partial charge on any atom is 0.137 e. The highest BCUT2D eigenvalue weighted by atomic mass is 35.5. The summed E-state index contributed by atoms with van der Waals surface area (Å²) >= 11 is 6.20. The summed E-state index contributed by atoms with van der Waals surface area (Å²) in [4.78, 5) is 10.7. The Bertz CT molecular complexity index is 383. The first-order valence-electron chi connectivity index (χ1n) is 7.06. The van der Waals surface area contributed by atoms with E-state index < -0.39 is 0 Å². The number of anilines is 1. The normalized spacial score (nSPS) is 11.1. The van der Waals surface area contributed by atoms with E-state index in [0.717, 1.165) is 37.1 Å². The van der Waals surface area contributed by atoms with Gasteiger partial charge < -0.3 is 10.0 Å². The summed E-state index contributed by atoms with van der Waals surface area (Å²) in [5, 5.41) is 9.84. The molecule has 0 aromatic carbocycles. The molecule has 0 aliphatic rings. The molecular weight excluding hydrogens is 262 g/mol. The third-order valence-corrected chi connectivity index (χ3v) is 3.69. The number of hydrogen-bond donors (Lipinski definition) is 1. The summed E-state index contributed by atoms with van der Waals surface area (Å²) < 4.78 is 0. The molecule has 0 atom stereocenters. The maximum absolute atomic E-state index is 9.31. The predicted molar refractivity (Wildman–Crippen MR) is 79.8 cm³/mol. The summed E-state index contributed by atoms with van der Waals surface area (Å²) in [5.74, 6) is 0.879. The number of rotatable bonds is 8. The van der Waals surface area contributed by atoms with Gasteiger partial charge in [-0.25, -0.2) is 9.97 Å². The molecule has 0 saturated heterocycles. The van der Waals surface area contributed by atoms with Crippen LogP contribution in [0.15, 0.2) is 6.33 Å². The van der Waals surface area contributed by atoms with Crippen LogP contribution in [0.2, 0.25) is 5.15 Å². The topological polar surface area (TPSA) is 49.2 Å². The Balaban J connectivity index is 3.17. The molecule has 1 N–H and O–H groups in total. The molecule has 1 aromatic heterocycles. The highest BCUT2D eigenvalue weighted by Crippen LogP contribution is 2.27. The zero-order valence-corrected chi connectivity index (χ0v) is 12.8. The van der Waals surface area contributed by atoms with Crippen LogP contribution in [-0.4, -0.2) is 34.3 Å². The van der Waals surface area contributed by atoms with Crippen molar-refractivity contribution in [3.63, 3.8) is 0 Å². The second-order valence-corrected chi connectivity index (χ2v) is 4.96. The molecule has 0 spiro atoms. The van der Waals surface area contributed by atoms with E-state index in [2.05, 4.69) is 35.6 Å². The fourth-order valence-electron chi connectivity index (χ4n) is 2.39. The molecular formula is C14H24ClN3O. The van der Waals surface area contributed by atoms with Gasteiger partial charge in [0.15, 0.2) is 0 Å². The van der Waals surface area contributed by atoms with Crippen LogP contribution in [-0.2, 0) is 6.42 Å². The number of nitrogens with zero attached hydrogens (tertiary/aromatic N) is 3. The van der Waals surface area contributed by atoms with Gasteiger partial charge in [0.1, 0.15) is 17.3 Å². The Morgan fingerprint density at radius 3 is 2.47 bits per heavy atom. The second kappa shape index (κ2) is 8.33. The van der Waals surface area contributed by atoms with E-state index in [4.69, 9.17) is 11.6 Å². The Morgan fingerprint density at radius 1 is 1.26 bits per heavy atom. The largest absolute Gasteiger partial charge is 0.395 e. The molecule has 5 heteroatoms. The Kier molecular flexibility index (Phi) is 7.10. The SMILES string of the molecule is CCCc1c(Cl)ncnc1N(CCO)C(CC)CC. The minimum Gasteiger partial charge on any atom is -0.395 e. The van der Waals surface area contributed by atoms with Crippen LogP contribution in [0, 0.1) is 0 Å². The van der Waals surface area contributed by atoms with Gasteiger partial charge >= 0.3 is 0 Å². The van der Waals surface area contributed by atoms with Gasteiger partial charge in [-0.2, -0.15) is 0 Å². The van der Waals surface area contributed by atoms with Gasteiger partial charge in [0, 0.05) is 18.2 Å². The second-order valence-electron chi connectivity index (χ2n) is 4.60. The summed E-state index contributed by atoms with van der Waals surface area (Å²) in [6.07, 6.45) is 5.39. The summed E-state index contributed by atoms with van der Waals surface area (Å²) in [6, 6.07) is 0.369. The van der Waals surface area contributed by atoms with E-state index in [0.29, 0.717) is 17.7 Å². The van der Waals surface area contributed by atoms with E-state index in [9.17, 15) is 5.11 Å². The average Bonchev–Trinajstić information content (AvgIpc) is 2.42. The summed E-state index contributed by atoms with van der Waals surface area (Å²) in [6.45, 7) is 7.11. The monoisotopic (exact) mass is 285 g/mol. The minimum absolute atomic E-state index is 0.115. The van der Waals surface area contributed by atoms with Crippen LogP contribution in [0.4, 0.5) is 5.82 Å². The highest BCUT2D eigenvalue weighted by Gasteiger charge is 2.21. The van der Waals surface area contributed by atoms with Crippen LogP contribution >= 0.6 is 11.6 Å². The van der Waals surface area contributed by atoms with Crippen molar-refractivity contribution in [1.29, 1.82) is 0 Å². The van der Waals surface area contributed by atoms with Gasteiger partial charge in [-0.05, 0) is 19.3 Å². The maximum atomic E-state index is 9.31. The van der Waals surface area contributed by atoms with E-state index in [1.165, 1.54) is 6.33 Å². The molecule has 0 unspecified atom stereocenters. The molecule has 1 aromatic rings. The molecule has 0 aliphatic heterocycles. The van der Waals surface area contributed by atoms with Crippen LogP contribution in [0.25, 0.3) is 0 Å². The quantitative estimate of drug-likeness (QED) is 0.746. The zero-order valence-electron chi connectivity index (χ0n) is 12.1. The van der Waals surface area contributed by atoms with Crippen molar-refractivity contribution in [3.05, 3.63) is 17.0 Å². The van der Waals surface area contributed by atoms with Gasteiger partial charge in [0.25, 0.3) is 0 Å². The smallest absolute Gasteiger partial charge is 0.137 e. The lowest BCUT2D eigenvalue weighted by molar-refractivity contribution is 0.295.